The average Bonchev–Trinajstić information content (AvgIpc) is 2.39. The van der Waals surface area contributed by atoms with Gasteiger partial charge in [0.2, 0.25) is 0 Å². The van der Waals surface area contributed by atoms with E-state index in [2.05, 4.69) is 26.2 Å². The first-order valence-electron chi connectivity index (χ1n) is 8.28. The van der Waals surface area contributed by atoms with E-state index in [0.29, 0.717) is 6.04 Å². The fraction of sp³-hybridized carbons (Fsp3) is 1.00. The molecule has 0 aromatic carbocycles. The minimum Gasteiger partial charge on any atom is -0.374 e. The lowest BCUT2D eigenvalue weighted by Gasteiger charge is -2.45. The Labute approximate surface area is 119 Å². The van der Waals surface area contributed by atoms with Gasteiger partial charge in [0.1, 0.15) is 0 Å². The summed E-state index contributed by atoms with van der Waals surface area (Å²) in [6.07, 6.45) is 11.2. The highest BCUT2D eigenvalue weighted by atomic mass is 16.5. The van der Waals surface area contributed by atoms with Gasteiger partial charge < -0.3 is 4.74 Å². The first kappa shape index (κ1) is 16.9. The molecule has 0 heterocycles. The molecule has 1 saturated carbocycles. The van der Waals surface area contributed by atoms with Gasteiger partial charge in [-0.25, -0.2) is 0 Å². The average molecular weight is 270 g/mol. The van der Waals surface area contributed by atoms with Gasteiger partial charge in [-0.15, -0.1) is 0 Å². The lowest BCUT2D eigenvalue weighted by molar-refractivity contribution is -0.102. The molecule has 114 valence electrons. The number of rotatable bonds is 9. The molecule has 0 aromatic heterocycles. The molecule has 1 aliphatic carbocycles. The van der Waals surface area contributed by atoms with Crippen LogP contribution in [0, 0.1) is 5.92 Å². The second-order valence-electron chi connectivity index (χ2n) is 6.27. The van der Waals surface area contributed by atoms with E-state index < -0.39 is 0 Å². The van der Waals surface area contributed by atoms with E-state index in [1.54, 1.807) is 0 Å². The Kier molecular flexibility index (Phi) is 7.96. The maximum Gasteiger partial charge on any atom is 0.0850 e. The summed E-state index contributed by atoms with van der Waals surface area (Å²) >= 11 is 0. The standard InChI is InChI=1S/C16H34N2O/c1-4-6-7-8-11-15(18-17)16(19-5-2)12-9-10-14(3)13-16/h14-15,18H,4-13,17H2,1-3H3. The van der Waals surface area contributed by atoms with Gasteiger partial charge >= 0.3 is 0 Å². The topological polar surface area (TPSA) is 47.3 Å². The third kappa shape index (κ3) is 5.05. The van der Waals surface area contributed by atoms with Crippen LogP contribution in [0.2, 0.25) is 0 Å². The fourth-order valence-electron chi connectivity index (χ4n) is 3.65. The highest BCUT2D eigenvalue weighted by Crippen LogP contribution is 2.39. The summed E-state index contributed by atoms with van der Waals surface area (Å²) < 4.78 is 6.21. The minimum absolute atomic E-state index is 0.0205. The summed E-state index contributed by atoms with van der Waals surface area (Å²) in [6, 6.07) is 0.312. The van der Waals surface area contributed by atoms with E-state index in [-0.39, 0.29) is 5.60 Å². The number of ether oxygens (including phenoxy) is 1. The van der Waals surface area contributed by atoms with Crippen LogP contribution in [0.1, 0.15) is 78.6 Å². The third-order valence-corrected chi connectivity index (χ3v) is 4.61. The number of hydrogen-bond acceptors (Lipinski definition) is 3. The molecule has 0 aromatic rings. The summed E-state index contributed by atoms with van der Waals surface area (Å²) in [7, 11) is 0. The lowest BCUT2D eigenvalue weighted by Crippen LogP contribution is -2.56. The molecule has 0 radical (unpaired) electrons. The van der Waals surface area contributed by atoms with E-state index in [1.807, 2.05) is 0 Å². The van der Waals surface area contributed by atoms with Crippen LogP contribution in [0.15, 0.2) is 0 Å². The van der Waals surface area contributed by atoms with Gasteiger partial charge in [0.05, 0.1) is 11.6 Å². The fourth-order valence-corrected chi connectivity index (χ4v) is 3.65. The van der Waals surface area contributed by atoms with Crippen LogP contribution in [0.3, 0.4) is 0 Å². The van der Waals surface area contributed by atoms with Gasteiger partial charge in [0.25, 0.3) is 0 Å². The molecule has 0 amide bonds. The molecular weight excluding hydrogens is 236 g/mol. The maximum atomic E-state index is 6.21. The molecule has 0 bridgehead atoms. The molecule has 19 heavy (non-hydrogen) atoms. The van der Waals surface area contributed by atoms with Gasteiger partial charge in [-0.3, -0.25) is 11.3 Å². The van der Waals surface area contributed by atoms with Crippen molar-refractivity contribution in [3.63, 3.8) is 0 Å². The first-order valence-corrected chi connectivity index (χ1v) is 8.28. The maximum absolute atomic E-state index is 6.21. The molecule has 1 rings (SSSR count). The molecule has 0 saturated heterocycles. The van der Waals surface area contributed by atoms with Crippen LogP contribution < -0.4 is 11.3 Å². The SMILES string of the molecule is CCCCCCC(NN)C1(OCC)CCCC(C)C1. The van der Waals surface area contributed by atoms with E-state index in [9.17, 15) is 0 Å². The molecule has 3 unspecified atom stereocenters. The van der Waals surface area contributed by atoms with Crippen LogP contribution in [0.5, 0.6) is 0 Å². The normalized spacial score (nSPS) is 29.4. The Balaban J connectivity index is 2.59. The van der Waals surface area contributed by atoms with Gasteiger partial charge in [-0.2, -0.15) is 0 Å². The van der Waals surface area contributed by atoms with Crippen molar-refractivity contribution in [3.05, 3.63) is 0 Å². The van der Waals surface area contributed by atoms with E-state index in [0.717, 1.165) is 31.8 Å². The predicted octanol–water partition coefficient (Wildman–Crippen LogP) is 3.77. The van der Waals surface area contributed by atoms with Crippen molar-refractivity contribution in [1.29, 1.82) is 0 Å². The van der Waals surface area contributed by atoms with E-state index in [1.165, 1.54) is 38.5 Å². The van der Waals surface area contributed by atoms with Crippen molar-refractivity contribution in [1.82, 2.24) is 5.43 Å². The Morgan fingerprint density at radius 2 is 2.11 bits per heavy atom. The molecule has 3 heteroatoms. The van der Waals surface area contributed by atoms with Crippen LogP contribution in [0.4, 0.5) is 0 Å². The number of hydrazine groups is 1. The summed E-state index contributed by atoms with van der Waals surface area (Å²) in [6.45, 7) is 7.49. The van der Waals surface area contributed by atoms with Gasteiger partial charge in [-0.05, 0) is 32.1 Å². The van der Waals surface area contributed by atoms with Crippen molar-refractivity contribution in [2.75, 3.05) is 6.61 Å². The van der Waals surface area contributed by atoms with Gasteiger partial charge in [0.15, 0.2) is 0 Å². The van der Waals surface area contributed by atoms with Crippen LogP contribution in [0.25, 0.3) is 0 Å². The molecule has 3 atom stereocenters. The molecule has 3 N–H and O–H groups in total. The highest BCUT2D eigenvalue weighted by Gasteiger charge is 2.41. The second kappa shape index (κ2) is 8.93. The Morgan fingerprint density at radius 3 is 2.68 bits per heavy atom. The molecule has 1 fully saturated rings. The largest absolute Gasteiger partial charge is 0.374 e. The zero-order valence-corrected chi connectivity index (χ0v) is 13.2. The molecule has 0 spiro atoms. The zero-order chi connectivity index (χ0) is 14.1. The zero-order valence-electron chi connectivity index (χ0n) is 13.2. The quantitative estimate of drug-likeness (QED) is 0.381. The third-order valence-electron chi connectivity index (χ3n) is 4.61. The van der Waals surface area contributed by atoms with Crippen molar-refractivity contribution < 1.29 is 4.74 Å². The van der Waals surface area contributed by atoms with Crippen molar-refractivity contribution >= 4 is 0 Å². The molecule has 3 nitrogen and oxygen atoms in total. The number of hydrogen-bond donors (Lipinski definition) is 2. The van der Waals surface area contributed by atoms with Crippen LogP contribution >= 0.6 is 0 Å². The molecule has 1 aliphatic rings. The number of unbranched alkanes of at least 4 members (excludes halogenated alkanes) is 3. The van der Waals surface area contributed by atoms with Gasteiger partial charge in [0, 0.05) is 6.61 Å². The van der Waals surface area contributed by atoms with Gasteiger partial charge in [-0.1, -0.05) is 52.4 Å². The summed E-state index contributed by atoms with van der Waals surface area (Å²) in [5.41, 5.74) is 3.05. The Bertz CT molecular complexity index is 231. The Morgan fingerprint density at radius 1 is 1.32 bits per heavy atom. The highest BCUT2D eigenvalue weighted by molar-refractivity contribution is 4.96. The van der Waals surface area contributed by atoms with Crippen molar-refractivity contribution in [2.24, 2.45) is 11.8 Å². The van der Waals surface area contributed by atoms with Crippen molar-refractivity contribution in [2.45, 2.75) is 90.2 Å². The first-order chi connectivity index (χ1) is 9.18. The van der Waals surface area contributed by atoms with E-state index in [4.69, 9.17) is 10.6 Å². The van der Waals surface area contributed by atoms with Crippen LogP contribution in [-0.4, -0.2) is 18.2 Å². The molecule has 0 aliphatic heterocycles. The summed E-state index contributed by atoms with van der Waals surface area (Å²) in [4.78, 5) is 0. The summed E-state index contributed by atoms with van der Waals surface area (Å²) in [5, 5.41) is 0. The number of nitrogens with two attached hydrogens (primary N) is 1. The predicted molar refractivity (Wildman–Crippen MR) is 81.9 cm³/mol. The monoisotopic (exact) mass is 270 g/mol. The van der Waals surface area contributed by atoms with Crippen molar-refractivity contribution in [3.8, 4) is 0 Å². The minimum atomic E-state index is -0.0205. The molecular formula is C16H34N2O. The van der Waals surface area contributed by atoms with E-state index >= 15 is 0 Å². The lowest BCUT2D eigenvalue weighted by atomic mass is 9.73. The second-order valence-corrected chi connectivity index (χ2v) is 6.27. The summed E-state index contributed by atoms with van der Waals surface area (Å²) in [5.74, 6) is 6.61. The Hall–Kier alpha value is -0.120. The smallest absolute Gasteiger partial charge is 0.0850 e. The van der Waals surface area contributed by atoms with Crippen LogP contribution in [-0.2, 0) is 4.74 Å². The number of nitrogens with one attached hydrogen (secondary N) is 1.